The zero-order valence-corrected chi connectivity index (χ0v) is 11.0. The molecular formula is C15H24N2. The van der Waals surface area contributed by atoms with Gasteiger partial charge >= 0.3 is 0 Å². The van der Waals surface area contributed by atoms with E-state index in [-0.39, 0.29) is 0 Å². The molecule has 0 aliphatic carbocycles. The second-order valence-corrected chi connectivity index (χ2v) is 5.18. The lowest BCUT2D eigenvalue weighted by molar-refractivity contribution is 0.344. The molecule has 0 aromatic heterocycles. The first kappa shape index (κ1) is 12.6. The van der Waals surface area contributed by atoms with Gasteiger partial charge in [-0.1, -0.05) is 24.3 Å². The highest BCUT2D eigenvalue weighted by Gasteiger charge is 2.14. The minimum Gasteiger partial charge on any atom is -0.317 e. The number of aryl methyl sites for hydroxylation is 1. The van der Waals surface area contributed by atoms with E-state index in [9.17, 15) is 0 Å². The SMILES string of the molecule is Cc1ccccc1C(C)NCC1CCNCC1. The topological polar surface area (TPSA) is 24.1 Å². The average molecular weight is 232 g/mol. The smallest absolute Gasteiger partial charge is 0.0294 e. The molecule has 1 aliphatic heterocycles. The lowest BCUT2D eigenvalue weighted by Crippen LogP contribution is -2.34. The fourth-order valence-electron chi connectivity index (χ4n) is 2.61. The molecule has 2 heteroatoms. The van der Waals surface area contributed by atoms with Crippen molar-refractivity contribution in [3.8, 4) is 0 Å². The van der Waals surface area contributed by atoms with Crippen LogP contribution in [0.1, 0.15) is 36.9 Å². The summed E-state index contributed by atoms with van der Waals surface area (Å²) in [7, 11) is 0. The monoisotopic (exact) mass is 232 g/mol. The predicted octanol–water partition coefficient (Wildman–Crippen LogP) is 2.65. The van der Waals surface area contributed by atoms with Gasteiger partial charge in [0, 0.05) is 6.04 Å². The van der Waals surface area contributed by atoms with E-state index in [0.29, 0.717) is 6.04 Å². The standard InChI is InChI=1S/C15H24N2/c1-12-5-3-4-6-15(12)13(2)17-11-14-7-9-16-10-8-14/h3-6,13-14,16-17H,7-11H2,1-2H3. The molecule has 2 N–H and O–H groups in total. The number of hydrogen-bond donors (Lipinski definition) is 2. The normalized spacial score (nSPS) is 19.2. The molecule has 1 fully saturated rings. The fourth-order valence-corrected chi connectivity index (χ4v) is 2.61. The minimum absolute atomic E-state index is 0.464. The van der Waals surface area contributed by atoms with Gasteiger partial charge in [0.1, 0.15) is 0 Å². The Labute approximate surface area is 105 Å². The first-order valence-corrected chi connectivity index (χ1v) is 6.77. The summed E-state index contributed by atoms with van der Waals surface area (Å²) < 4.78 is 0. The molecule has 0 spiro atoms. The Morgan fingerprint density at radius 1 is 1.29 bits per heavy atom. The quantitative estimate of drug-likeness (QED) is 0.834. The molecule has 94 valence electrons. The lowest BCUT2D eigenvalue weighted by Gasteiger charge is -2.25. The highest BCUT2D eigenvalue weighted by Crippen LogP contribution is 2.18. The molecule has 1 atom stereocenters. The van der Waals surface area contributed by atoms with Gasteiger partial charge in [-0.25, -0.2) is 0 Å². The van der Waals surface area contributed by atoms with E-state index in [2.05, 4.69) is 48.7 Å². The molecule has 1 aromatic rings. The number of rotatable bonds is 4. The minimum atomic E-state index is 0.464. The molecule has 17 heavy (non-hydrogen) atoms. The van der Waals surface area contributed by atoms with Crippen molar-refractivity contribution in [2.45, 2.75) is 32.7 Å². The van der Waals surface area contributed by atoms with Gasteiger partial charge < -0.3 is 10.6 Å². The Balaban J connectivity index is 1.84. The van der Waals surface area contributed by atoms with Crippen LogP contribution < -0.4 is 10.6 Å². The summed E-state index contributed by atoms with van der Waals surface area (Å²) in [6.45, 7) is 7.98. The summed E-state index contributed by atoms with van der Waals surface area (Å²) in [6, 6.07) is 9.13. The van der Waals surface area contributed by atoms with Gasteiger partial charge in [0.15, 0.2) is 0 Å². The molecule has 2 nitrogen and oxygen atoms in total. The zero-order chi connectivity index (χ0) is 12.1. The van der Waals surface area contributed by atoms with Gasteiger partial charge in [0.2, 0.25) is 0 Å². The highest BCUT2D eigenvalue weighted by molar-refractivity contribution is 5.28. The molecule has 0 radical (unpaired) electrons. The van der Waals surface area contributed by atoms with E-state index in [1.54, 1.807) is 0 Å². The van der Waals surface area contributed by atoms with Crippen molar-refractivity contribution in [1.82, 2.24) is 10.6 Å². The Morgan fingerprint density at radius 3 is 2.71 bits per heavy atom. The molecular weight excluding hydrogens is 208 g/mol. The van der Waals surface area contributed by atoms with Crippen molar-refractivity contribution in [2.24, 2.45) is 5.92 Å². The molecule has 0 amide bonds. The van der Waals surface area contributed by atoms with Crippen LogP contribution in [0.4, 0.5) is 0 Å². The van der Waals surface area contributed by atoms with E-state index >= 15 is 0 Å². The molecule has 1 aliphatic rings. The van der Waals surface area contributed by atoms with Crippen molar-refractivity contribution in [1.29, 1.82) is 0 Å². The van der Waals surface area contributed by atoms with Gasteiger partial charge in [-0.05, 0) is 63.4 Å². The summed E-state index contributed by atoms with van der Waals surface area (Å²) in [6.07, 6.45) is 2.63. The number of hydrogen-bond acceptors (Lipinski definition) is 2. The van der Waals surface area contributed by atoms with Crippen LogP contribution in [0.5, 0.6) is 0 Å². The van der Waals surface area contributed by atoms with Gasteiger partial charge in [-0.2, -0.15) is 0 Å². The third-order valence-corrected chi connectivity index (χ3v) is 3.83. The van der Waals surface area contributed by atoms with Crippen LogP contribution in [0.2, 0.25) is 0 Å². The summed E-state index contributed by atoms with van der Waals surface area (Å²) in [5, 5.41) is 7.10. The van der Waals surface area contributed by atoms with Crippen LogP contribution in [0.25, 0.3) is 0 Å². The van der Waals surface area contributed by atoms with Crippen molar-refractivity contribution in [2.75, 3.05) is 19.6 Å². The largest absolute Gasteiger partial charge is 0.317 e. The maximum absolute atomic E-state index is 3.68. The summed E-state index contributed by atoms with van der Waals surface area (Å²) in [5.74, 6) is 0.850. The number of nitrogens with one attached hydrogen (secondary N) is 2. The molecule has 1 aromatic carbocycles. The maximum Gasteiger partial charge on any atom is 0.0294 e. The predicted molar refractivity (Wildman–Crippen MR) is 73.2 cm³/mol. The van der Waals surface area contributed by atoms with E-state index in [4.69, 9.17) is 0 Å². The lowest BCUT2D eigenvalue weighted by atomic mass is 9.97. The van der Waals surface area contributed by atoms with Gasteiger partial charge in [0.05, 0.1) is 0 Å². The van der Waals surface area contributed by atoms with Crippen LogP contribution >= 0.6 is 0 Å². The van der Waals surface area contributed by atoms with Crippen LogP contribution in [0.15, 0.2) is 24.3 Å². The summed E-state index contributed by atoms with van der Waals surface area (Å²) >= 11 is 0. The second-order valence-electron chi connectivity index (χ2n) is 5.18. The summed E-state index contributed by atoms with van der Waals surface area (Å²) in [5.41, 5.74) is 2.82. The van der Waals surface area contributed by atoms with Crippen LogP contribution in [-0.4, -0.2) is 19.6 Å². The molecule has 1 saturated heterocycles. The van der Waals surface area contributed by atoms with Crippen molar-refractivity contribution < 1.29 is 0 Å². The van der Waals surface area contributed by atoms with Crippen LogP contribution in [0, 0.1) is 12.8 Å². The van der Waals surface area contributed by atoms with E-state index in [0.717, 1.165) is 12.5 Å². The molecule has 0 saturated carbocycles. The van der Waals surface area contributed by atoms with Crippen molar-refractivity contribution in [3.63, 3.8) is 0 Å². The Hall–Kier alpha value is -0.860. The van der Waals surface area contributed by atoms with Crippen molar-refractivity contribution >= 4 is 0 Å². The molecule has 0 bridgehead atoms. The third kappa shape index (κ3) is 3.55. The Morgan fingerprint density at radius 2 is 2.00 bits per heavy atom. The Bertz CT molecular complexity index is 343. The molecule has 1 unspecified atom stereocenters. The van der Waals surface area contributed by atoms with Gasteiger partial charge in [0.25, 0.3) is 0 Å². The van der Waals surface area contributed by atoms with Crippen LogP contribution in [-0.2, 0) is 0 Å². The van der Waals surface area contributed by atoms with Crippen molar-refractivity contribution in [3.05, 3.63) is 35.4 Å². The number of piperidine rings is 1. The fraction of sp³-hybridized carbons (Fsp3) is 0.600. The van der Waals surface area contributed by atoms with E-state index in [1.807, 2.05) is 0 Å². The second kappa shape index (κ2) is 6.18. The number of benzene rings is 1. The van der Waals surface area contributed by atoms with Gasteiger partial charge in [-0.3, -0.25) is 0 Å². The zero-order valence-electron chi connectivity index (χ0n) is 11.0. The first-order chi connectivity index (χ1) is 8.27. The van der Waals surface area contributed by atoms with Gasteiger partial charge in [-0.15, -0.1) is 0 Å². The van der Waals surface area contributed by atoms with E-state index < -0.39 is 0 Å². The van der Waals surface area contributed by atoms with Crippen LogP contribution in [0.3, 0.4) is 0 Å². The molecule has 1 heterocycles. The first-order valence-electron chi connectivity index (χ1n) is 6.77. The Kier molecular flexibility index (Phi) is 4.57. The maximum atomic E-state index is 3.68. The average Bonchev–Trinajstić information content (AvgIpc) is 2.38. The highest BCUT2D eigenvalue weighted by atomic mass is 14.9. The third-order valence-electron chi connectivity index (χ3n) is 3.83. The molecule has 2 rings (SSSR count). The summed E-state index contributed by atoms with van der Waals surface area (Å²) in [4.78, 5) is 0. The van der Waals surface area contributed by atoms with E-state index in [1.165, 1.54) is 37.1 Å².